The number of hydrogen-bond donors (Lipinski definition) is 2. The van der Waals surface area contributed by atoms with Gasteiger partial charge in [-0.25, -0.2) is 9.78 Å². The van der Waals surface area contributed by atoms with E-state index in [9.17, 15) is 14.7 Å². The molecule has 7 nitrogen and oxygen atoms in total. The summed E-state index contributed by atoms with van der Waals surface area (Å²) in [5, 5.41) is 18.8. The van der Waals surface area contributed by atoms with E-state index in [4.69, 9.17) is 5.11 Å². The molecular weight excluding hydrogens is 284 g/mol. The van der Waals surface area contributed by atoms with Crippen molar-refractivity contribution in [1.29, 1.82) is 0 Å². The molecule has 0 fully saturated rings. The van der Waals surface area contributed by atoms with Crippen molar-refractivity contribution < 1.29 is 24.5 Å². The van der Waals surface area contributed by atoms with Gasteiger partial charge in [0.2, 0.25) is 0 Å². The average molecular weight is 294 g/mol. The number of esters is 1. The largest absolute Gasteiger partial charge is 0.478 e. The first kappa shape index (κ1) is 12.9. The van der Waals surface area contributed by atoms with Crippen LogP contribution in [0.25, 0.3) is 11.0 Å². The number of benzene rings is 1. The summed E-state index contributed by atoms with van der Waals surface area (Å²) < 4.78 is 6.14. The zero-order valence-electron chi connectivity index (χ0n) is 10.3. The molecule has 20 heavy (non-hydrogen) atoms. The maximum absolute atomic E-state index is 11.5. The number of aliphatic hydroxyl groups excluding tert-OH is 1. The smallest absolute Gasteiger partial charge is 0.335 e. The number of ether oxygens (including phenoxy) is 1. The standard InChI is InChI=1S/C12H10N2O5S/c1-19-11(18)8-9(15)14-7-3-2-5(10(16)17)4-6(7)13-12(14)20-8/h2-4,8-9,15H,1H3,(H,16,17). The summed E-state index contributed by atoms with van der Waals surface area (Å²) in [5.74, 6) is -1.57. The number of fused-ring (bicyclic) bond motifs is 3. The third-order valence-electron chi connectivity index (χ3n) is 3.11. The number of carboxylic acids is 1. The Labute approximate surface area is 117 Å². The van der Waals surface area contributed by atoms with Gasteiger partial charge in [0.1, 0.15) is 0 Å². The van der Waals surface area contributed by atoms with Crippen molar-refractivity contribution in [3.8, 4) is 0 Å². The van der Waals surface area contributed by atoms with Crippen molar-refractivity contribution in [3.05, 3.63) is 23.8 Å². The van der Waals surface area contributed by atoms with Gasteiger partial charge in [0.05, 0.1) is 23.7 Å². The van der Waals surface area contributed by atoms with E-state index in [0.717, 1.165) is 11.8 Å². The van der Waals surface area contributed by atoms with Gasteiger partial charge in [-0.05, 0) is 18.2 Å². The molecule has 2 aromatic rings. The van der Waals surface area contributed by atoms with E-state index < -0.39 is 23.4 Å². The Morgan fingerprint density at radius 3 is 2.85 bits per heavy atom. The van der Waals surface area contributed by atoms with E-state index in [2.05, 4.69) is 9.72 Å². The van der Waals surface area contributed by atoms with Gasteiger partial charge in [0, 0.05) is 0 Å². The molecule has 1 aromatic carbocycles. The highest BCUT2D eigenvalue weighted by Crippen LogP contribution is 2.41. The molecule has 104 valence electrons. The van der Waals surface area contributed by atoms with Gasteiger partial charge in [-0.3, -0.25) is 9.36 Å². The molecule has 0 radical (unpaired) electrons. The van der Waals surface area contributed by atoms with Crippen molar-refractivity contribution in [1.82, 2.24) is 9.55 Å². The first-order chi connectivity index (χ1) is 9.52. The van der Waals surface area contributed by atoms with Crippen molar-refractivity contribution in [2.24, 2.45) is 0 Å². The molecule has 2 atom stereocenters. The van der Waals surface area contributed by atoms with Crippen molar-refractivity contribution in [3.63, 3.8) is 0 Å². The summed E-state index contributed by atoms with van der Waals surface area (Å²) in [5.41, 5.74) is 1.17. The Hall–Kier alpha value is -2.06. The molecule has 1 aliphatic heterocycles. The molecule has 1 aromatic heterocycles. The van der Waals surface area contributed by atoms with E-state index >= 15 is 0 Å². The number of thioether (sulfide) groups is 1. The lowest BCUT2D eigenvalue weighted by atomic mass is 10.2. The number of aromatic carboxylic acids is 1. The van der Waals surface area contributed by atoms with Gasteiger partial charge in [0.15, 0.2) is 16.6 Å². The van der Waals surface area contributed by atoms with Crippen LogP contribution >= 0.6 is 11.8 Å². The average Bonchev–Trinajstić information content (AvgIpc) is 2.94. The van der Waals surface area contributed by atoms with Gasteiger partial charge < -0.3 is 14.9 Å². The lowest BCUT2D eigenvalue weighted by Crippen LogP contribution is -2.25. The fourth-order valence-corrected chi connectivity index (χ4v) is 3.28. The number of rotatable bonds is 2. The molecule has 2 unspecified atom stereocenters. The van der Waals surface area contributed by atoms with Crippen LogP contribution in [-0.2, 0) is 9.53 Å². The van der Waals surface area contributed by atoms with Crippen LogP contribution in [0.3, 0.4) is 0 Å². The van der Waals surface area contributed by atoms with Crippen LogP contribution in [0.1, 0.15) is 16.6 Å². The van der Waals surface area contributed by atoms with E-state index in [1.165, 1.54) is 23.8 Å². The summed E-state index contributed by atoms with van der Waals surface area (Å²) in [6.45, 7) is 0. The Morgan fingerprint density at radius 1 is 1.45 bits per heavy atom. The summed E-state index contributed by atoms with van der Waals surface area (Å²) in [7, 11) is 1.26. The fraction of sp³-hybridized carbons (Fsp3) is 0.250. The number of carbonyl (C=O) groups is 2. The summed E-state index contributed by atoms with van der Waals surface area (Å²) in [6, 6.07) is 4.44. The van der Waals surface area contributed by atoms with Gasteiger partial charge in [-0.15, -0.1) is 0 Å². The van der Waals surface area contributed by atoms with Crippen LogP contribution in [0.4, 0.5) is 0 Å². The SMILES string of the molecule is COC(=O)C1Sc2nc3cc(C(=O)O)ccc3n2C1O. The number of imidazole rings is 1. The number of nitrogens with zero attached hydrogens (tertiary/aromatic N) is 2. The van der Waals surface area contributed by atoms with E-state index in [1.807, 2.05) is 0 Å². The minimum absolute atomic E-state index is 0.123. The molecule has 0 aliphatic carbocycles. The maximum Gasteiger partial charge on any atom is 0.335 e. The van der Waals surface area contributed by atoms with Crippen molar-refractivity contribution in [2.45, 2.75) is 16.6 Å². The number of carbonyl (C=O) groups excluding carboxylic acids is 1. The summed E-state index contributed by atoms with van der Waals surface area (Å²) >= 11 is 1.10. The predicted octanol–water partition coefficient (Wildman–Crippen LogP) is 0.873. The molecule has 0 saturated heterocycles. The van der Waals surface area contributed by atoms with Crippen LogP contribution in [0, 0.1) is 0 Å². The number of aromatic nitrogens is 2. The Balaban J connectivity index is 2.08. The van der Waals surface area contributed by atoms with Crippen LogP contribution in [0.15, 0.2) is 23.4 Å². The highest BCUT2D eigenvalue weighted by molar-refractivity contribution is 8.00. The Morgan fingerprint density at radius 2 is 2.20 bits per heavy atom. The first-order valence-electron chi connectivity index (χ1n) is 5.70. The minimum atomic E-state index is -1.08. The van der Waals surface area contributed by atoms with Crippen LogP contribution in [0.5, 0.6) is 0 Å². The lowest BCUT2D eigenvalue weighted by molar-refractivity contribution is -0.142. The van der Waals surface area contributed by atoms with Crippen LogP contribution in [0.2, 0.25) is 0 Å². The molecule has 2 N–H and O–H groups in total. The second-order valence-corrected chi connectivity index (χ2v) is 5.36. The Bertz CT molecular complexity index is 726. The molecule has 8 heteroatoms. The van der Waals surface area contributed by atoms with Gasteiger partial charge in [-0.2, -0.15) is 0 Å². The zero-order valence-corrected chi connectivity index (χ0v) is 11.1. The molecule has 0 spiro atoms. The van der Waals surface area contributed by atoms with E-state index in [0.29, 0.717) is 16.2 Å². The molecule has 3 rings (SSSR count). The number of aliphatic hydroxyl groups is 1. The molecule has 0 bridgehead atoms. The normalized spacial score (nSPS) is 20.9. The highest BCUT2D eigenvalue weighted by Gasteiger charge is 2.40. The number of hydrogen-bond acceptors (Lipinski definition) is 6. The van der Waals surface area contributed by atoms with Crippen molar-refractivity contribution >= 4 is 34.7 Å². The fourth-order valence-electron chi connectivity index (χ4n) is 2.14. The van der Waals surface area contributed by atoms with Crippen LogP contribution in [-0.4, -0.2) is 44.1 Å². The quantitative estimate of drug-likeness (QED) is 0.792. The van der Waals surface area contributed by atoms with Gasteiger partial charge in [-0.1, -0.05) is 11.8 Å². The predicted molar refractivity (Wildman–Crippen MR) is 69.6 cm³/mol. The molecule has 0 amide bonds. The maximum atomic E-state index is 11.5. The summed E-state index contributed by atoms with van der Waals surface area (Å²) in [6.07, 6.45) is -1.08. The molecule has 1 aliphatic rings. The monoisotopic (exact) mass is 294 g/mol. The highest BCUT2D eigenvalue weighted by atomic mass is 32.2. The van der Waals surface area contributed by atoms with Crippen LogP contribution < -0.4 is 0 Å². The van der Waals surface area contributed by atoms with Gasteiger partial charge in [0.25, 0.3) is 0 Å². The second kappa shape index (κ2) is 4.50. The van der Waals surface area contributed by atoms with E-state index in [-0.39, 0.29) is 5.56 Å². The second-order valence-electron chi connectivity index (χ2n) is 4.25. The molecular formula is C12H10N2O5S. The third-order valence-corrected chi connectivity index (χ3v) is 4.29. The third kappa shape index (κ3) is 1.76. The lowest BCUT2D eigenvalue weighted by Gasteiger charge is -2.13. The van der Waals surface area contributed by atoms with Gasteiger partial charge >= 0.3 is 11.9 Å². The Kier molecular flexibility index (Phi) is 2.91. The topological polar surface area (TPSA) is 102 Å². The number of carboxylic acid groups (broad SMARTS) is 1. The molecule has 0 saturated carbocycles. The van der Waals surface area contributed by atoms with E-state index in [1.54, 1.807) is 6.07 Å². The first-order valence-corrected chi connectivity index (χ1v) is 6.58. The number of methoxy groups -OCH3 is 1. The molecule has 2 heterocycles. The summed E-state index contributed by atoms with van der Waals surface area (Å²) in [4.78, 5) is 26.7. The minimum Gasteiger partial charge on any atom is -0.478 e. The van der Waals surface area contributed by atoms with Crippen molar-refractivity contribution in [2.75, 3.05) is 7.11 Å². The zero-order chi connectivity index (χ0) is 14.4.